The largest absolute Gasteiger partial charge is 0.439 e. The third kappa shape index (κ3) is 4.81. The van der Waals surface area contributed by atoms with E-state index >= 15 is 0 Å². The fraction of sp³-hybridized carbons (Fsp3) is 0. The molecule has 12 heteroatoms. The SMILES string of the molecule is O=C(Nc1cccc2cc(C(=O)Nc3ccc(Cl)cc3-c3noc(=O)[nH]3)[nH]c12)c1cc(-c2ccccc2)on1. The summed E-state index contributed by atoms with van der Waals surface area (Å²) in [6.07, 6.45) is 0. The number of aromatic amines is 2. The maximum Gasteiger partial charge on any atom is 0.439 e. The zero-order valence-electron chi connectivity index (χ0n) is 19.8. The van der Waals surface area contributed by atoms with Crippen LogP contribution in [-0.2, 0) is 0 Å². The Morgan fingerprint density at radius 2 is 1.62 bits per heavy atom. The van der Waals surface area contributed by atoms with E-state index in [0.29, 0.717) is 38.6 Å². The van der Waals surface area contributed by atoms with Gasteiger partial charge in [-0.1, -0.05) is 64.4 Å². The van der Waals surface area contributed by atoms with Crippen LogP contribution in [0.25, 0.3) is 33.6 Å². The second-order valence-corrected chi connectivity index (χ2v) is 8.87. The highest BCUT2D eigenvalue weighted by Crippen LogP contribution is 2.30. The first kappa shape index (κ1) is 23.9. The van der Waals surface area contributed by atoms with Crippen LogP contribution in [0.2, 0.25) is 5.02 Å². The number of rotatable bonds is 6. The average molecular weight is 541 g/mol. The molecule has 6 rings (SSSR count). The van der Waals surface area contributed by atoms with Gasteiger partial charge >= 0.3 is 5.76 Å². The first-order valence-electron chi connectivity index (χ1n) is 11.6. The molecule has 192 valence electrons. The van der Waals surface area contributed by atoms with E-state index in [1.165, 1.54) is 6.07 Å². The zero-order chi connectivity index (χ0) is 26.9. The molecule has 0 aliphatic carbocycles. The van der Waals surface area contributed by atoms with Crippen molar-refractivity contribution in [3.8, 4) is 22.7 Å². The number of hydrogen-bond acceptors (Lipinski definition) is 7. The van der Waals surface area contributed by atoms with E-state index in [2.05, 4.69) is 35.4 Å². The summed E-state index contributed by atoms with van der Waals surface area (Å²) in [6.45, 7) is 0. The van der Waals surface area contributed by atoms with Crippen LogP contribution in [-0.4, -0.2) is 32.1 Å². The number of halogens is 1. The lowest BCUT2D eigenvalue weighted by atomic mass is 10.1. The molecule has 0 aliphatic heterocycles. The molecule has 0 unspecified atom stereocenters. The maximum absolute atomic E-state index is 13.1. The van der Waals surface area contributed by atoms with Crippen molar-refractivity contribution in [3.63, 3.8) is 0 Å². The number of carbonyl (C=O) groups excluding carboxylic acids is 2. The number of anilines is 2. The standard InChI is InChI=1S/C27H17ClN6O5/c28-16-9-10-18(17(12-16)24-32-27(37)39-34-24)30-25(35)20-11-15-7-4-8-19(23(15)29-20)31-26(36)21-13-22(38-33-21)14-5-2-1-3-6-14/h1-13,29H,(H,30,35)(H,31,36)(H,32,34,37). The molecule has 0 saturated carbocycles. The lowest BCUT2D eigenvalue weighted by Crippen LogP contribution is -2.14. The van der Waals surface area contributed by atoms with Gasteiger partial charge in [0.2, 0.25) is 0 Å². The molecule has 11 nitrogen and oxygen atoms in total. The average Bonchev–Trinajstić information content (AvgIpc) is 3.70. The lowest BCUT2D eigenvalue weighted by molar-refractivity contribution is 0.101. The van der Waals surface area contributed by atoms with E-state index in [0.717, 1.165) is 5.56 Å². The number of para-hydroxylation sites is 1. The minimum absolute atomic E-state index is 0.108. The number of H-pyrrole nitrogens is 2. The number of amides is 2. The Kier molecular flexibility index (Phi) is 6.02. The summed E-state index contributed by atoms with van der Waals surface area (Å²) in [4.78, 5) is 43.0. The molecule has 0 atom stereocenters. The van der Waals surface area contributed by atoms with Crippen LogP contribution in [0, 0.1) is 0 Å². The van der Waals surface area contributed by atoms with Crippen LogP contribution in [0.3, 0.4) is 0 Å². The summed E-state index contributed by atoms with van der Waals surface area (Å²) in [6, 6.07) is 22.5. The summed E-state index contributed by atoms with van der Waals surface area (Å²) < 4.78 is 9.91. The van der Waals surface area contributed by atoms with Gasteiger partial charge in [-0.2, -0.15) is 0 Å². The van der Waals surface area contributed by atoms with Crippen LogP contribution < -0.4 is 16.4 Å². The third-order valence-electron chi connectivity index (χ3n) is 5.88. The molecule has 3 aromatic heterocycles. The molecule has 2 amide bonds. The van der Waals surface area contributed by atoms with Gasteiger partial charge in [0.1, 0.15) is 5.69 Å². The molecule has 0 radical (unpaired) electrons. The summed E-state index contributed by atoms with van der Waals surface area (Å²) in [7, 11) is 0. The van der Waals surface area contributed by atoms with Gasteiger partial charge in [0, 0.05) is 27.6 Å². The Morgan fingerprint density at radius 3 is 2.41 bits per heavy atom. The van der Waals surface area contributed by atoms with Crippen molar-refractivity contribution >= 4 is 45.7 Å². The number of carbonyl (C=O) groups is 2. The molecule has 4 N–H and O–H groups in total. The van der Waals surface area contributed by atoms with Crippen LogP contribution >= 0.6 is 11.6 Å². The van der Waals surface area contributed by atoms with Gasteiger partial charge in [-0.25, -0.2) is 4.79 Å². The van der Waals surface area contributed by atoms with E-state index in [9.17, 15) is 14.4 Å². The molecule has 0 bridgehead atoms. The Morgan fingerprint density at radius 1 is 0.795 bits per heavy atom. The molecular weight excluding hydrogens is 524 g/mol. The van der Waals surface area contributed by atoms with Crippen LogP contribution in [0.1, 0.15) is 21.0 Å². The highest BCUT2D eigenvalue weighted by molar-refractivity contribution is 6.31. The van der Waals surface area contributed by atoms with E-state index in [-0.39, 0.29) is 17.2 Å². The van der Waals surface area contributed by atoms with Crippen molar-refractivity contribution in [2.45, 2.75) is 0 Å². The smallest absolute Gasteiger partial charge is 0.355 e. The zero-order valence-corrected chi connectivity index (χ0v) is 20.6. The van der Waals surface area contributed by atoms with Gasteiger partial charge in [-0.05, 0) is 30.3 Å². The number of nitrogens with one attached hydrogen (secondary N) is 4. The fourth-order valence-electron chi connectivity index (χ4n) is 4.05. The van der Waals surface area contributed by atoms with Crippen molar-refractivity contribution in [3.05, 3.63) is 106 Å². The van der Waals surface area contributed by atoms with Crippen molar-refractivity contribution < 1.29 is 18.6 Å². The van der Waals surface area contributed by atoms with Crippen LogP contribution in [0.4, 0.5) is 11.4 Å². The minimum atomic E-state index is -0.741. The molecule has 39 heavy (non-hydrogen) atoms. The first-order chi connectivity index (χ1) is 18.9. The minimum Gasteiger partial charge on any atom is -0.355 e. The Balaban J connectivity index is 1.25. The van der Waals surface area contributed by atoms with Gasteiger partial charge in [0.05, 0.1) is 16.9 Å². The third-order valence-corrected chi connectivity index (χ3v) is 6.11. The second-order valence-electron chi connectivity index (χ2n) is 8.44. The van der Waals surface area contributed by atoms with Gasteiger partial charge < -0.3 is 20.1 Å². The first-order valence-corrected chi connectivity index (χ1v) is 11.9. The molecule has 0 aliphatic rings. The summed E-state index contributed by atoms with van der Waals surface area (Å²) in [5.74, 6) is -1.10. The van der Waals surface area contributed by atoms with E-state index < -0.39 is 17.6 Å². The Labute approximate surface area is 223 Å². The van der Waals surface area contributed by atoms with Crippen molar-refractivity contribution in [2.75, 3.05) is 10.6 Å². The van der Waals surface area contributed by atoms with Crippen molar-refractivity contribution in [1.82, 2.24) is 20.3 Å². The van der Waals surface area contributed by atoms with E-state index in [1.54, 1.807) is 42.5 Å². The Hall–Kier alpha value is -5.42. The molecule has 0 saturated heterocycles. The van der Waals surface area contributed by atoms with Gasteiger partial charge in [0.15, 0.2) is 17.3 Å². The molecule has 0 fully saturated rings. The summed E-state index contributed by atoms with van der Waals surface area (Å²) >= 11 is 6.10. The Bertz CT molecular complexity index is 1900. The summed E-state index contributed by atoms with van der Waals surface area (Å²) in [5.41, 5.74) is 2.85. The quantitative estimate of drug-likeness (QED) is 0.222. The molecule has 0 spiro atoms. The number of benzene rings is 3. The monoisotopic (exact) mass is 540 g/mol. The molecular formula is C27H17ClN6O5. The number of hydrogen-bond donors (Lipinski definition) is 4. The second kappa shape index (κ2) is 9.80. The number of fused-ring (bicyclic) bond motifs is 1. The highest BCUT2D eigenvalue weighted by atomic mass is 35.5. The van der Waals surface area contributed by atoms with Gasteiger partial charge in [0.25, 0.3) is 11.8 Å². The molecule has 3 heterocycles. The van der Waals surface area contributed by atoms with E-state index in [4.69, 9.17) is 16.1 Å². The van der Waals surface area contributed by atoms with Crippen molar-refractivity contribution in [1.29, 1.82) is 0 Å². The van der Waals surface area contributed by atoms with Gasteiger partial charge in [-0.3, -0.25) is 19.1 Å². The highest BCUT2D eigenvalue weighted by Gasteiger charge is 2.19. The van der Waals surface area contributed by atoms with Crippen LogP contribution in [0.15, 0.2) is 92.7 Å². The maximum atomic E-state index is 13.1. The predicted molar refractivity (Wildman–Crippen MR) is 144 cm³/mol. The predicted octanol–water partition coefficient (Wildman–Crippen LogP) is 5.32. The normalized spacial score (nSPS) is 11.0. The van der Waals surface area contributed by atoms with Gasteiger partial charge in [-0.15, -0.1) is 0 Å². The van der Waals surface area contributed by atoms with Crippen LogP contribution in [0.5, 0.6) is 0 Å². The van der Waals surface area contributed by atoms with Crippen molar-refractivity contribution in [2.24, 2.45) is 0 Å². The number of aromatic nitrogens is 4. The van der Waals surface area contributed by atoms with E-state index in [1.807, 2.05) is 30.3 Å². The lowest BCUT2D eigenvalue weighted by Gasteiger charge is -2.09. The fourth-order valence-corrected chi connectivity index (χ4v) is 4.22. The molecule has 3 aromatic carbocycles. The molecule has 6 aromatic rings. The summed E-state index contributed by atoms with van der Waals surface area (Å²) in [5, 5.41) is 14.2. The number of nitrogens with zero attached hydrogens (tertiary/aromatic N) is 2. The topological polar surface area (TPSA) is 159 Å².